The van der Waals surface area contributed by atoms with Gasteiger partial charge in [-0.05, 0) is 18.2 Å². The number of anilines is 3. The average Bonchev–Trinajstić information content (AvgIpc) is 2.77. The molecule has 0 unspecified atom stereocenters. The van der Waals surface area contributed by atoms with Crippen LogP contribution in [0.1, 0.15) is 5.56 Å². The first-order valence-corrected chi connectivity index (χ1v) is 9.76. The molecule has 0 radical (unpaired) electrons. The van der Waals surface area contributed by atoms with Crippen LogP contribution in [0.5, 0.6) is 5.75 Å². The number of aromatic nitrogens is 3. The van der Waals surface area contributed by atoms with Crippen molar-refractivity contribution in [3.63, 3.8) is 0 Å². The summed E-state index contributed by atoms with van der Waals surface area (Å²) in [4.78, 5) is 17.8. The predicted molar refractivity (Wildman–Crippen MR) is 110 cm³/mol. The van der Waals surface area contributed by atoms with Crippen LogP contribution in [0.25, 0.3) is 0 Å². The third-order valence-corrected chi connectivity index (χ3v) is 4.89. The number of nitrogens with zero attached hydrogens (tertiary/aromatic N) is 6. The molecule has 2 fully saturated rings. The van der Waals surface area contributed by atoms with E-state index in [0.29, 0.717) is 81.0 Å². The van der Waals surface area contributed by atoms with Gasteiger partial charge in [0.1, 0.15) is 5.75 Å². The SMILES string of the molecule is Oc1ccc(Cl)c(/C=N/Nc2nc(N3CCOCC3)nc(N3CCOCC3)n2)c1. The van der Waals surface area contributed by atoms with Gasteiger partial charge in [-0.15, -0.1) is 0 Å². The van der Waals surface area contributed by atoms with E-state index in [4.69, 9.17) is 21.1 Å². The van der Waals surface area contributed by atoms with Crippen molar-refractivity contribution in [1.82, 2.24) is 15.0 Å². The molecule has 2 aromatic rings. The van der Waals surface area contributed by atoms with Gasteiger partial charge < -0.3 is 24.4 Å². The van der Waals surface area contributed by atoms with Crippen LogP contribution in [0, 0.1) is 0 Å². The highest BCUT2D eigenvalue weighted by Crippen LogP contribution is 2.20. The second kappa shape index (κ2) is 9.21. The van der Waals surface area contributed by atoms with Crippen LogP contribution in [0.3, 0.4) is 0 Å². The second-order valence-electron chi connectivity index (χ2n) is 6.53. The van der Waals surface area contributed by atoms with Crippen LogP contribution < -0.4 is 15.2 Å². The zero-order chi connectivity index (χ0) is 20.1. The molecule has 0 amide bonds. The van der Waals surface area contributed by atoms with Crippen molar-refractivity contribution in [2.45, 2.75) is 0 Å². The number of phenols is 1. The van der Waals surface area contributed by atoms with E-state index in [2.05, 4.69) is 35.3 Å². The Bertz CT molecular complexity index is 834. The fraction of sp³-hybridized carbons (Fsp3) is 0.444. The van der Waals surface area contributed by atoms with Gasteiger partial charge in [0.2, 0.25) is 17.8 Å². The Morgan fingerprint density at radius 3 is 2.14 bits per heavy atom. The quantitative estimate of drug-likeness (QED) is 0.548. The molecule has 2 aliphatic rings. The van der Waals surface area contributed by atoms with E-state index < -0.39 is 0 Å². The van der Waals surface area contributed by atoms with Crippen LogP contribution >= 0.6 is 11.6 Å². The standard InChI is InChI=1S/C18H22ClN7O3/c19-15-2-1-14(27)11-13(15)12-20-24-16-21-17(25-3-7-28-8-4-25)23-18(22-16)26-5-9-29-10-6-26/h1-2,11-12,27H,3-10H2,(H,21,22,23,24)/b20-12+. The highest BCUT2D eigenvalue weighted by Gasteiger charge is 2.20. The maximum Gasteiger partial charge on any atom is 0.250 e. The number of nitrogens with one attached hydrogen (secondary N) is 1. The summed E-state index contributed by atoms with van der Waals surface area (Å²) >= 11 is 6.12. The molecule has 1 aromatic carbocycles. The van der Waals surface area contributed by atoms with E-state index in [0.717, 1.165) is 0 Å². The summed E-state index contributed by atoms with van der Waals surface area (Å²) in [5, 5.41) is 14.3. The van der Waals surface area contributed by atoms with Gasteiger partial charge in [0, 0.05) is 36.8 Å². The van der Waals surface area contributed by atoms with Gasteiger partial charge in [-0.3, -0.25) is 0 Å². The molecule has 154 valence electrons. The third-order valence-electron chi connectivity index (χ3n) is 4.55. The van der Waals surface area contributed by atoms with Crippen LogP contribution in [0.15, 0.2) is 23.3 Å². The number of phenolic OH excluding ortho intramolecular Hbond substituents is 1. The third kappa shape index (κ3) is 5.03. The Labute approximate surface area is 173 Å². The molecule has 3 heterocycles. The lowest BCUT2D eigenvalue weighted by Gasteiger charge is -2.30. The zero-order valence-electron chi connectivity index (χ0n) is 15.8. The maximum atomic E-state index is 9.61. The minimum atomic E-state index is 0.111. The first kappa shape index (κ1) is 19.6. The molecule has 1 aromatic heterocycles. The number of hydrogen-bond acceptors (Lipinski definition) is 10. The molecule has 10 nitrogen and oxygen atoms in total. The molecular formula is C18H22ClN7O3. The van der Waals surface area contributed by atoms with Gasteiger partial charge in [0.05, 0.1) is 32.6 Å². The van der Waals surface area contributed by atoms with Gasteiger partial charge in [0.25, 0.3) is 0 Å². The van der Waals surface area contributed by atoms with Gasteiger partial charge >= 0.3 is 0 Å². The van der Waals surface area contributed by atoms with Gasteiger partial charge in [-0.1, -0.05) is 11.6 Å². The van der Waals surface area contributed by atoms with E-state index in [1.165, 1.54) is 18.3 Å². The van der Waals surface area contributed by atoms with Gasteiger partial charge in [-0.2, -0.15) is 20.1 Å². The van der Waals surface area contributed by atoms with Crippen molar-refractivity contribution < 1.29 is 14.6 Å². The van der Waals surface area contributed by atoms with Crippen molar-refractivity contribution in [1.29, 1.82) is 0 Å². The van der Waals surface area contributed by atoms with E-state index in [1.54, 1.807) is 6.07 Å². The fourth-order valence-electron chi connectivity index (χ4n) is 3.00. The molecule has 0 bridgehead atoms. The Hall–Kier alpha value is -2.69. The normalized spacial score (nSPS) is 17.7. The first-order chi connectivity index (χ1) is 14.2. The molecule has 11 heteroatoms. The fourth-order valence-corrected chi connectivity index (χ4v) is 3.17. The highest BCUT2D eigenvalue weighted by molar-refractivity contribution is 6.33. The smallest absolute Gasteiger partial charge is 0.250 e. The lowest BCUT2D eigenvalue weighted by Crippen LogP contribution is -2.40. The van der Waals surface area contributed by atoms with E-state index >= 15 is 0 Å². The highest BCUT2D eigenvalue weighted by atomic mass is 35.5. The monoisotopic (exact) mass is 419 g/mol. The predicted octanol–water partition coefficient (Wildman–Crippen LogP) is 1.35. The molecule has 2 N–H and O–H groups in total. The average molecular weight is 420 g/mol. The summed E-state index contributed by atoms with van der Waals surface area (Å²) in [5.74, 6) is 1.60. The number of hydrazone groups is 1. The lowest BCUT2D eigenvalue weighted by atomic mass is 10.2. The van der Waals surface area contributed by atoms with Crippen LogP contribution in [-0.2, 0) is 9.47 Å². The van der Waals surface area contributed by atoms with E-state index in [9.17, 15) is 5.11 Å². The van der Waals surface area contributed by atoms with Crippen molar-refractivity contribution in [2.24, 2.45) is 5.10 Å². The molecule has 0 atom stereocenters. The summed E-state index contributed by atoms with van der Waals surface area (Å²) in [6, 6.07) is 4.65. The number of hydrogen-bond donors (Lipinski definition) is 2. The van der Waals surface area contributed by atoms with Crippen LogP contribution in [0.2, 0.25) is 5.02 Å². The van der Waals surface area contributed by atoms with Gasteiger partial charge in [-0.25, -0.2) is 5.43 Å². The number of halogens is 1. The lowest BCUT2D eigenvalue weighted by molar-refractivity contribution is 0.121. The molecule has 2 saturated heterocycles. The van der Waals surface area contributed by atoms with Crippen molar-refractivity contribution in [3.05, 3.63) is 28.8 Å². The minimum absolute atomic E-state index is 0.111. The number of rotatable bonds is 5. The molecular weight excluding hydrogens is 398 g/mol. The maximum absolute atomic E-state index is 9.61. The Morgan fingerprint density at radius 2 is 1.55 bits per heavy atom. The topological polar surface area (TPSA) is 108 Å². The number of benzene rings is 1. The number of ether oxygens (including phenoxy) is 2. The van der Waals surface area contributed by atoms with E-state index in [1.807, 2.05) is 0 Å². The van der Waals surface area contributed by atoms with Crippen molar-refractivity contribution >= 4 is 35.7 Å². The summed E-state index contributed by atoms with van der Waals surface area (Å²) in [6.07, 6.45) is 1.51. The Morgan fingerprint density at radius 1 is 0.966 bits per heavy atom. The molecule has 0 aliphatic carbocycles. The van der Waals surface area contributed by atoms with Crippen molar-refractivity contribution in [3.8, 4) is 5.75 Å². The molecule has 0 spiro atoms. The van der Waals surface area contributed by atoms with E-state index in [-0.39, 0.29) is 5.75 Å². The summed E-state index contributed by atoms with van der Waals surface area (Å²) < 4.78 is 10.8. The minimum Gasteiger partial charge on any atom is -0.508 e. The first-order valence-electron chi connectivity index (χ1n) is 9.38. The van der Waals surface area contributed by atoms with Crippen LogP contribution in [0.4, 0.5) is 17.8 Å². The van der Waals surface area contributed by atoms with Crippen LogP contribution in [-0.4, -0.2) is 78.9 Å². The molecule has 29 heavy (non-hydrogen) atoms. The largest absolute Gasteiger partial charge is 0.508 e. The summed E-state index contributed by atoms with van der Waals surface area (Å²) in [5.41, 5.74) is 3.43. The zero-order valence-corrected chi connectivity index (χ0v) is 16.5. The molecule has 2 aliphatic heterocycles. The number of morpholine rings is 2. The summed E-state index contributed by atoms with van der Waals surface area (Å²) in [6.45, 7) is 5.40. The molecule has 0 saturated carbocycles. The molecule has 4 rings (SSSR count). The number of aromatic hydroxyl groups is 1. The van der Waals surface area contributed by atoms with Gasteiger partial charge in [0.15, 0.2) is 0 Å². The second-order valence-corrected chi connectivity index (χ2v) is 6.94. The van der Waals surface area contributed by atoms with Crippen molar-refractivity contribution in [2.75, 3.05) is 67.8 Å². The Balaban J connectivity index is 1.57. The Kier molecular flexibility index (Phi) is 6.23. The summed E-state index contributed by atoms with van der Waals surface area (Å²) in [7, 11) is 0.